The Hall–Kier alpha value is -0.920. The van der Waals surface area contributed by atoms with Gasteiger partial charge in [-0.15, -0.1) is 0 Å². The molecule has 1 unspecified atom stereocenters. The fraction of sp³-hybridized carbons (Fsp3) is 0.500. The van der Waals surface area contributed by atoms with E-state index < -0.39 is 0 Å². The summed E-state index contributed by atoms with van der Waals surface area (Å²) >= 11 is 0. The van der Waals surface area contributed by atoms with Gasteiger partial charge in [-0.1, -0.05) is 6.92 Å². The van der Waals surface area contributed by atoms with Gasteiger partial charge in [-0.2, -0.15) is 0 Å². The second-order valence-corrected chi connectivity index (χ2v) is 2.42. The smallest absolute Gasteiger partial charge is 0.146 e. The largest absolute Gasteiger partial charge is 0.298 e. The molecule has 2 nitrogen and oxygen atoms in total. The molecule has 1 rings (SSSR count). The number of carbonyl (C=O) groups excluding carboxylic acids is 1. The van der Waals surface area contributed by atoms with Gasteiger partial charge in [0.05, 0.1) is 6.04 Å². The number of nitrogens with zero attached hydrogens (tertiary/aromatic N) is 1. The van der Waals surface area contributed by atoms with Crippen molar-refractivity contribution in [2.24, 2.45) is 4.99 Å². The van der Waals surface area contributed by atoms with E-state index in [1.165, 1.54) is 0 Å². The Morgan fingerprint density at radius 2 is 2.70 bits per heavy atom. The maximum atomic E-state index is 10.3. The van der Waals surface area contributed by atoms with Crippen molar-refractivity contribution in [1.29, 1.82) is 0 Å². The number of carbonyl (C=O) groups is 1. The first-order valence-corrected chi connectivity index (χ1v) is 3.54. The molecule has 0 fully saturated rings. The van der Waals surface area contributed by atoms with E-state index >= 15 is 0 Å². The third kappa shape index (κ3) is 1.53. The molecule has 0 saturated heterocycles. The number of allylic oxidation sites excluding steroid dienone is 1. The molecule has 2 heteroatoms. The standard InChI is InChI=1S/C8H11NO/c1-2-8-5-7(6-10)3-4-9-8/h3-4,6,8H,2,5H2,1H3. The molecule has 10 heavy (non-hydrogen) atoms. The predicted molar refractivity (Wildman–Crippen MR) is 41.3 cm³/mol. The van der Waals surface area contributed by atoms with Crippen molar-refractivity contribution < 1.29 is 4.79 Å². The highest BCUT2D eigenvalue weighted by molar-refractivity contribution is 5.85. The Labute approximate surface area is 60.7 Å². The van der Waals surface area contributed by atoms with Crippen LogP contribution < -0.4 is 0 Å². The van der Waals surface area contributed by atoms with Crippen molar-refractivity contribution in [1.82, 2.24) is 0 Å². The molecule has 0 aliphatic carbocycles. The van der Waals surface area contributed by atoms with Crippen LogP contribution in [-0.2, 0) is 4.79 Å². The van der Waals surface area contributed by atoms with E-state index in [9.17, 15) is 4.79 Å². The molecule has 0 bridgehead atoms. The number of aliphatic imine (C=N–C) groups is 1. The van der Waals surface area contributed by atoms with E-state index in [0.717, 1.165) is 24.7 Å². The molecule has 0 aromatic heterocycles. The van der Waals surface area contributed by atoms with Crippen LogP contribution in [0, 0.1) is 0 Å². The Kier molecular flexibility index (Phi) is 2.37. The molecule has 0 amide bonds. The lowest BCUT2D eigenvalue weighted by Gasteiger charge is -2.11. The average molecular weight is 137 g/mol. The van der Waals surface area contributed by atoms with Gasteiger partial charge in [0.1, 0.15) is 6.29 Å². The molecule has 0 aromatic rings. The first kappa shape index (κ1) is 7.19. The van der Waals surface area contributed by atoms with Crippen LogP contribution in [0.2, 0.25) is 0 Å². The van der Waals surface area contributed by atoms with Crippen LogP contribution in [0.5, 0.6) is 0 Å². The van der Waals surface area contributed by atoms with Crippen LogP contribution in [0.15, 0.2) is 16.6 Å². The molecule has 54 valence electrons. The third-order valence-electron chi connectivity index (χ3n) is 1.68. The lowest BCUT2D eigenvalue weighted by atomic mass is 10.0. The molecular weight excluding hydrogens is 126 g/mol. The summed E-state index contributed by atoms with van der Waals surface area (Å²) in [5.74, 6) is 0. The van der Waals surface area contributed by atoms with E-state index in [1.54, 1.807) is 12.3 Å². The van der Waals surface area contributed by atoms with E-state index in [4.69, 9.17) is 0 Å². The van der Waals surface area contributed by atoms with Crippen LogP contribution >= 0.6 is 0 Å². The van der Waals surface area contributed by atoms with Crippen LogP contribution in [0.4, 0.5) is 0 Å². The van der Waals surface area contributed by atoms with Gasteiger partial charge in [0.15, 0.2) is 0 Å². The highest BCUT2D eigenvalue weighted by Crippen LogP contribution is 2.12. The molecule has 0 N–H and O–H groups in total. The zero-order valence-electron chi connectivity index (χ0n) is 6.08. The maximum Gasteiger partial charge on any atom is 0.146 e. The van der Waals surface area contributed by atoms with Crippen molar-refractivity contribution in [2.75, 3.05) is 0 Å². The van der Waals surface area contributed by atoms with Crippen LogP contribution in [0.1, 0.15) is 19.8 Å². The lowest BCUT2D eigenvalue weighted by molar-refractivity contribution is -0.105. The van der Waals surface area contributed by atoms with E-state index in [2.05, 4.69) is 11.9 Å². The first-order chi connectivity index (χ1) is 4.86. The van der Waals surface area contributed by atoms with Gasteiger partial charge in [-0.3, -0.25) is 9.79 Å². The summed E-state index contributed by atoms with van der Waals surface area (Å²) in [6.07, 6.45) is 6.24. The molecule has 0 aromatic carbocycles. The van der Waals surface area contributed by atoms with Crippen LogP contribution in [0.3, 0.4) is 0 Å². The number of aldehydes is 1. The molecule has 1 atom stereocenters. The predicted octanol–water partition coefficient (Wildman–Crippen LogP) is 1.36. The molecule has 1 aliphatic heterocycles. The molecule has 1 heterocycles. The lowest BCUT2D eigenvalue weighted by Crippen LogP contribution is -2.08. The van der Waals surface area contributed by atoms with Crippen molar-refractivity contribution in [3.63, 3.8) is 0 Å². The van der Waals surface area contributed by atoms with Crippen molar-refractivity contribution in [3.05, 3.63) is 11.6 Å². The minimum Gasteiger partial charge on any atom is -0.298 e. The summed E-state index contributed by atoms with van der Waals surface area (Å²) in [4.78, 5) is 14.5. The molecule has 0 spiro atoms. The van der Waals surface area contributed by atoms with Gasteiger partial charge in [0.25, 0.3) is 0 Å². The summed E-state index contributed by atoms with van der Waals surface area (Å²) in [5.41, 5.74) is 0.863. The number of rotatable bonds is 2. The zero-order chi connectivity index (χ0) is 7.40. The van der Waals surface area contributed by atoms with Gasteiger partial charge < -0.3 is 0 Å². The summed E-state index contributed by atoms with van der Waals surface area (Å²) < 4.78 is 0. The van der Waals surface area contributed by atoms with Gasteiger partial charge in [0.2, 0.25) is 0 Å². The minimum absolute atomic E-state index is 0.338. The highest BCUT2D eigenvalue weighted by Gasteiger charge is 2.08. The fourth-order valence-corrected chi connectivity index (χ4v) is 0.990. The minimum atomic E-state index is 0.338. The molecule has 1 aliphatic rings. The molecular formula is C8H11NO. The fourth-order valence-electron chi connectivity index (χ4n) is 0.990. The second kappa shape index (κ2) is 3.30. The Morgan fingerprint density at radius 3 is 3.30 bits per heavy atom. The molecule has 0 radical (unpaired) electrons. The Balaban J connectivity index is 2.58. The monoisotopic (exact) mass is 137 g/mol. The average Bonchev–Trinajstić information content (AvgIpc) is 2.05. The first-order valence-electron chi connectivity index (χ1n) is 3.54. The zero-order valence-corrected chi connectivity index (χ0v) is 6.08. The topological polar surface area (TPSA) is 29.4 Å². The summed E-state index contributed by atoms with van der Waals surface area (Å²) in [6.45, 7) is 2.08. The van der Waals surface area contributed by atoms with E-state index in [-0.39, 0.29) is 0 Å². The SMILES string of the molecule is CCC1CC(C=O)=CC=N1. The normalized spacial score (nSPS) is 24.1. The van der Waals surface area contributed by atoms with Crippen LogP contribution in [-0.4, -0.2) is 18.5 Å². The van der Waals surface area contributed by atoms with Gasteiger partial charge in [-0.25, -0.2) is 0 Å². The number of dihydropyridines is 1. The maximum absolute atomic E-state index is 10.3. The number of hydrogen-bond acceptors (Lipinski definition) is 2. The Morgan fingerprint density at radius 1 is 1.90 bits per heavy atom. The van der Waals surface area contributed by atoms with E-state index in [0.29, 0.717) is 6.04 Å². The summed E-state index contributed by atoms with van der Waals surface area (Å²) in [5, 5.41) is 0. The van der Waals surface area contributed by atoms with Gasteiger partial charge >= 0.3 is 0 Å². The third-order valence-corrected chi connectivity index (χ3v) is 1.68. The van der Waals surface area contributed by atoms with Crippen molar-refractivity contribution in [3.8, 4) is 0 Å². The Bertz CT molecular complexity index is 182. The van der Waals surface area contributed by atoms with Crippen molar-refractivity contribution >= 4 is 12.5 Å². The summed E-state index contributed by atoms with van der Waals surface area (Å²) in [7, 11) is 0. The van der Waals surface area contributed by atoms with E-state index in [1.807, 2.05) is 0 Å². The molecule has 0 saturated carbocycles. The van der Waals surface area contributed by atoms with Gasteiger partial charge in [0, 0.05) is 6.21 Å². The highest BCUT2D eigenvalue weighted by atomic mass is 16.1. The summed E-state index contributed by atoms with van der Waals surface area (Å²) in [6, 6.07) is 0.338. The van der Waals surface area contributed by atoms with Gasteiger partial charge in [-0.05, 0) is 24.5 Å². The second-order valence-electron chi connectivity index (χ2n) is 2.42. The van der Waals surface area contributed by atoms with Crippen molar-refractivity contribution in [2.45, 2.75) is 25.8 Å². The van der Waals surface area contributed by atoms with Crippen LogP contribution in [0.25, 0.3) is 0 Å². The number of hydrogen-bond donors (Lipinski definition) is 0. The quantitative estimate of drug-likeness (QED) is 0.528.